The molecule has 1 saturated heterocycles. The summed E-state index contributed by atoms with van der Waals surface area (Å²) in [5.41, 5.74) is 3.25. The van der Waals surface area contributed by atoms with E-state index in [2.05, 4.69) is 24.1 Å². The van der Waals surface area contributed by atoms with Gasteiger partial charge in [0.15, 0.2) is 0 Å². The van der Waals surface area contributed by atoms with Gasteiger partial charge in [0, 0.05) is 36.7 Å². The number of carbonyl (C=O) groups is 2. The Morgan fingerprint density at radius 1 is 1.07 bits per heavy atom. The molecular formula is C21H27N3O2S. The first-order valence-corrected chi connectivity index (χ1v) is 10.3. The Balaban J connectivity index is 1.48. The van der Waals surface area contributed by atoms with E-state index in [1.54, 1.807) is 11.3 Å². The maximum Gasteiger partial charge on any atom is 0.264 e. The van der Waals surface area contributed by atoms with Crippen LogP contribution in [0.25, 0.3) is 0 Å². The average molecular weight is 386 g/mol. The van der Waals surface area contributed by atoms with Gasteiger partial charge in [-0.3, -0.25) is 14.5 Å². The third-order valence-electron chi connectivity index (χ3n) is 4.97. The predicted molar refractivity (Wildman–Crippen MR) is 111 cm³/mol. The number of piperazine rings is 1. The van der Waals surface area contributed by atoms with Crippen LogP contribution in [0.15, 0.2) is 30.3 Å². The normalized spacial score (nSPS) is 15.0. The Labute approximate surface area is 165 Å². The fraction of sp³-hybridized carbons (Fsp3) is 0.429. The second kappa shape index (κ2) is 8.67. The van der Waals surface area contributed by atoms with Gasteiger partial charge in [0.1, 0.15) is 0 Å². The van der Waals surface area contributed by atoms with Gasteiger partial charge in [0.05, 0.1) is 11.4 Å². The van der Waals surface area contributed by atoms with E-state index in [1.807, 2.05) is 42.2 Å². The summed E-state index contributed by atoms with van der Waals surface area (Å²) in [6.07, 6.45) is 0.958. The molecule has 2 heterocycles. The van der Waals surface area contributed by atoms with E-state index >= 15 is 0 Å². The lowest BCUT2D eigenvalue weighted by atomic mass is 10.2. The lowest BCUT2D eigenvalue weighted by Gasteiger charge is -2.34. The summed E-state index contributed by atoms with van der Waals surface area (Å²) >= 11 is 1.59. The predicted octanol–water partition coefficient (Wildman–Crippen LogP) is 3.32. The number of amides is 2. The van der Waals surface area contributed by atoms with Gasteiger partial charge in [0.2, 0.25) is 5.91 Å². The van der Waals surface area contributed by atoms with Crippen molar-refractivity contribution in [3.05, 3.63) is 51.2 Å². The van der Waals surface area contributed by atoms with E-state index in [9.17, 15) is 9.59 Å². The van der Waals surface area contributed by atoms with Crippen LogP contribution in [-0.4, -0.2) is 54.3 Å². The van der Waals surface area contributed by atoms with Crippen molar-refractivity contribution in [1.82, 2.24) is 9.80 Å². The maximum atomic E-state index is 12.7. The van der Waals surface area contributed by atoms with Crippen LogP contribution < -0.4 is 5.32 Å². The molecule has 1 aliphatic rings. The number of nitrogens with one attached hydrogen (secondary N) is 1. The van der Waals surface area contributed by atoms with Crippen LogP contribution in [0.3, 0.4) is 0 Å². The highest BCUT2D eigenvalue weighted by atomic mass is 32.1. The number of rotatable bonds is 5. The molecule has 1 aliphatic heterocycles. The molecule has 0 saturated carbocycles. The van der Waals surface area contributed by atoms with E-state index in [4.69, 9.17) is 0 Å². The zero-order valence-electron chi connectivity index (χ0n) is 16.2. The van der Waals surface area contributed by atoms with E-state index in [1.165, 1.54) is 16.0 Å². The summed E-state index contributed by atoms with van der Waals surface area (Å²) in [6.45, 7) is 9.33. The highest BCUT2D eigenvalue weighted by molar-refractivity contribution is 7.14. The highest BCUT2D eigenvalue weighted by Crippen LogP contribution is 2.23. The third-order valence-corrected chi connectivity index (χ3v) is 6.06. The van der Waals surface area contributed by atoms with Gasteiger partial charge in [0.25, 0.3) is 5.91 Å². The number of hydrogen-bond acceptors (Lipinski definition) is 4. The molecule has 0 atom stereocenters. The van der Waals surface area contributed by atoms with E-state index in [0.717, 1.165) is 30.1 Å². The van der Waals surface area contributed by atoms with Crippen LogP contribution in [0, 0.1) is 13.8 Å². The molecule has 0 unspecified atom stereocenters. The minimum Gasteiger partial charge on any atom is -0.335 e. The molecule has 6 heteroatoms. The number of thiophene rings is 1. The molecule has 0 aliphatic carbocycles. The fourth-order valence-corrected chi connectivity index (χ4v) is 4.36. The topological polar surface area (TPSA) is 52.7 Å². The Hall–Kier alpha value is -2.18. The van der Waals surface area contributed by atoms with Crippen molar-refractivity contribution in [2.24, 2.45) is 0 Å². The van der Waals surface area contributed by atoms with Gasteiger partial charge in [-0.1, -0.05) is 24.6 Å². The number of benzene rings is 1. The number of carbonyl (C=O) groups excluding carboxylic acids is 2. The first-order valence-electron chi connectivity index (χ1n) is 9.43. The summed E-state index contributed by atoms with van der Waals surface area (Å²) in [5, 5.41) is 2.93. The van der Waals surface area contributed by atoms with Crippen molar-refractivity contribution >= 4 is 28.8 Å². The summed E-state index contributed by atoms with van der Waals surface area (Å²) in [4.78, 5) is 31.0. The van der Waals surface area contributed by atoms with Crippen LogP contribution in [0.1, 0.15) is 32.6 Å². The molecule has 0 spiro atoms. The van der Waals surface area contributed by atoms with Gasteiger partial charge < -0.3 is 10.2 Å². The first kappa shape index (κ1) is 19.6. The van der Waals surface area contributed by atoms with Gasteiger partial charge in [-0.25, -0.2) is 0 Å². The van der Waals surface area contributed by atoms with Gasteiger partial charge in [-0.15, -0.1) is 11.3 Å². The molecule has 27 heavy (non-hydrogen) atoms. The molecule has 1 aromatic heterocycles. The van der Waals surface area contributed by atoms with E-state index < -0.39 is 0 Å². The van der Waals surface area contributed by atoms with Crippen molar-refractivity contribution < 1.29 is 9.59 Å². The molecule has 5 nitrogen and oxygen atoms in total. The van der Waals surface area contributed by atoms with Crippen molar-refractivity contribution in [2.45, 2.75) is 27.2 Å². The van der Waals surface area contributed by atoms with Gasteiger partial charge in [-0.2, -0.15) is 0 Å². The average Bonchev–Trinajstić information content (AvgIpc) is 3.04. The van der Waals surface area contributed by atoms with Gasteiger partial charge in [-0.05, 0) is 44.0 Å². The number of anilines is 1. The monoisotopic (exact) mass is 385 g/mol. The molecule has 2 aromatic rings. The second-order valence-corrected chi connectivity index (χ2v) is 8.28. The first-order chi connectivity index (χ1) is 13.0. The van der Waals surface area contributed by atoms with Crippen LogP contribution in [-0.2, 0) is 11.2 Å². The Kier molecular flexibility index (Phi) is 6.29. The molecule has 1 fully saturated rings. The summed E-state index contributed by atoms with van der Waals surface area (Å²) < 4.78 is 0. The van der Waals surface area contributed by atoms with Crippen molar-refractivity contribution in [2.75, 3.05) is 38.0 Å². The molecule has 0 radical (unpaired) electrons. The largest absolute Gasteiger partial charge is 0.335 e. The Morgan fingerprint density at radius 3 is 2.33 bits per heavy atom. The second-order valence-electron chi connectivity index (χ2n) is 7.03. The smallest absolute Gasteiger partial charge is 0.264 e. The number of aryl methyl sites for hydroxylation is 3. The lowest BCUT2D eigenvalue weighted by Crippen LogP contribution is -2.50. The summed E-state index contributed by atoms with van der Waals surface area (Å²) in [6, 6.07) is 9.82. The van der Waals surface area contributed by atoms with E-state index in [0.29, 0.717) is 19.6 Å². The highest BCUT2D eigenvalue weighted by Gasteiger charge is 2.24. The quantitative estimate of drug-likeness (QED) is 0.859. The van der Waals surface area contributed by atoms with Crippen LogP contribution in [0.4, 0.5) is 5.69 Å². The fourth-order valence-electron chi connectivity index (χ4n) is 3.28. The standard InChI is InChI=1S/C21H27N3O2S/c1-4-17-13-19(27-16(17)3)21(26)24-11-9-23(10-12-24)14-20(25)22-18-7-5-15(2)6-8-18/h5-8,13H,4,9-12,14H2,1-3H3,(H,22,25). The van der Waals surface area contributed by atoms with Gasteiger partial charge >= 0.3 is 0 Å². The number of hydrogen-bond donors (Lipinski definition) is 1. The Bertz CT molecular complexity index is 805. The molecule has 144 valence electrons. The molecule has 1 N–H and O–H groups in total. The minimum atomic E-state index is -0.0138. The maximum absolute atomic E-state index is 12.7. The van der Waals surface area contributed by atoms with Crippen molar-refractivity contribution in [3.8, 4) is 0 Å². The van der Waals surface area contributed by atoms with Crippen LogP contribution >= 0.6 is 11.3 Å². The summed E-state index contributed by atoms with van der Waals surface area (Å²) in [7, 11) is 0. The molecule has 2 amide bonds. The molecule has 3 rings (SSSR count). The third kappa shape index (κ3) is 4.96. The molecule has 1 aromatic carbocycles. The zero-order chi connectivity index (χ0) is 19.4. The summed E-state index contributed by atoms with van der Waals surface area (Å²) in [5.74, 6) is 0.103. The molecule has 0 bridgehead atoms. The lowest BCUT2D eigenvalue weighted by molar-refractivity contribution is -0.117. The van der Waals surface area contributed by atoms with Crippen molar-refractivity contribution in [1.29, 1.82) is 0 Å². The number of nitrogens with zero attached hydrogens (tertiary/aromatic N) is 2. The Morgan fingerprint density at radius 2 is 1.74 bits per heavy atom. The zero-order valence-corrected chi connectivity index (χ0v) is 17.1. The van der Waals surface area contributed by atoms with Crippen molar-refractivity contribution in [3.63, 3.8) is 0 Å². The van der Waals surface area contributed by atoms with Crippen LogP contribution in [0.2, 0.25) is 0 Å². The minimum absolute atomic E-state index is 0.0138. The van der Waals surface area contributed by atoms with Crippen LogP contribution in [0.5, 0.6) is 0 Å². The van der Waals surface area contributed by atoms with E-state index in [-0.39, 0.29) is 11.8 Å². The SMILES string of the molecule is CCc1cc(C(=O)N2CCN(CC(=O)Nc3ccc(C)cc3)CC2)sc1C. The molecular weight excluding hydrogens is 358 g/mol.